The predicted molar refractivity (Wildman–Crippen MR) is 182 cm³/mol. The average molecular weight is 688 g/mol. The molecule has 1 spiro atoms. The number of benzene rings is 1. The van der Waals surface area contributed by atoms with Crippen LogP contribution in [0.1, 0.15) is 89.7 Å². The summed E-state index contributed by atoms with van der Waals surface area (Å²) < 4.78 is 46.0. The van der Waals surface area contributed by atoms with Gasteiger partial charge >= 0.3 is 6.09 Å². The van der Waals surface area contributed by atoms with Gasteiger partial charge in [0.15, 0.2) is 12.0 Å². The van der Waals surface area contributed by atoms with Crippen molar-refractivity contribution in [3.05, 3.63) is 28.5 Å². The van der Waals surface area contributed by atoms with E-state index in [1.54, 1.807) is 4.90 Å². The highest BCUT2D eigenvalue weighted by Crippen LogP contribution is 2.56. The van der Waals surface area contributed by atoms with Crippen LogP contribution in [-0.4, -0.2) is 87.5 Å². The number of nitrogens with zero attached hydrogens (tertiary/aromatic N) is 6. The number of nitrogens with one attached hydrogen (secondary N) is 1. The highest BCUT2D eigenvalue weighted by Gasteiger charge is 2.56. The Morgan fingerprint density at radius 1 is 1.19 bits per heavy atom. The molecule has 1 aliphatic carbocycles. The quantitative estimate of drug-likeness (QED) is 0.292. The van der Waals surface area contributed by atoms with Crippen molar-refractivity contribution in [2.24, 2.45) is 5.41 Å². The van der Waals surface area contributed by atoms with Gasteiger partial charge in [0.05, 0.1) is 22.8 Å². The Labute approximate surface area is 286 Å². The van der Waals surface area contributed by atoms with Gasteiger partial charge in [0, 0.05) is 67.0 Å². The molecule has 1 N–H and O–H groups in total. The number of hydrogen-bond donors (Lipinski definition) is 1. The number of likely N-dealkylation sites (tertiary alicyclic amines) is 1. The van der Waals surface area contributed by atoms with Crippen LogP contribution in [0.4, 0.5) is 19.4 Å². The fourth-order valence-electron chi connectivity index (χ4n) is 8.41. The van der Waals surface area contributed by atoms with Crippen LogP contribution in [0.15, 0.2) is 12.3 Å². The maximum absolute atomic E-state index is 15.1. The van der Waals surface area contributed by atoms with E-state index in [0.29, 0.717) is 43.6 Å². The Morgan fingerprint density at radius 3 is 2.58 bits per heavy atom. The van der Waals surface area contributed by atoms with Crippen LogP contribution in [0.2, 0.25) is 5.02 Å². The topological polar surface area (TPSA) is 89.7 Å². The Morgan fingerprint density at radius 2 is 1.94 bits per heavy atom. The van der Waals surface area contributed by atoms with Crippen LogP contribution in [-0.2, 0) is 9.47 Å². The summed E-state index contributed by atoms with van der Waals surface area (Å²) in [6.07, 6.45) is 3.71. The van der Waals surface area contributed by atoms with Gasteiger partial charge in [-0.1, -0.05) is 18.5 Å². The summed E-state index contributed by atoms with van der Waals surface area (Å²) in [7, 11) is 0. The molecule has 7 rings (SSSR count). The summed E-state index contributed by atoms with van der Waals surface area (Å²) in [4.78, 5) is 16.3. The first-order chi connectivity index (χ1) is 22.8. The first kappa shape index (κ1) is 33.5. The van der Waals surface area contributed by atoms with Gasteiger partial charge in [0.2, 0.25) is 0 Å². The van der Waals surface area contributed by atoms with E-state index in [0.717, 1.165) is 65.4 Å². The number of aryl methyl sites for hydroxylation is 1. The zero-order chi connectivity index (χ0) is 34.2. The van der Waals surface area contributed by atoms with Crippen LogP contribution in [0.3, 0.4) is 0 Å². The van der Waals surface area contributed by atoms with Crippen molar-refractivity contribution in [2.45, 2.75) is 110 Å². The fourth-order valence-corrected chi connectivity index (χ4v) is 8.66. The number of halogens is 3. The maximum atomic E-state index is 15.1. The molecule has 3 saturated heterocycles. The van der Waals surface area contributed by atoms with Crippen molar-refractivity contribution in [2.75, 3.05) is 44.2 Å². The van der Waals surface area contributed by atoms with Gasteiger partial charge in [-0.15, -0.1) is 0 Å². The van der Waals surface area contributed by atoms with Crippen LogP contribution >= 0.6 is 11.6 Å². The van der Waals surface area contributed by atoms with Crippen molar-refractivity contribution >= 4 is 34.4 Å². The molecule has 5 heterocycles. The molecule has 2 aromatic heterocycles. The van der Waals surface area contributed by atoms with E-state index in [9.17, 15) is 4.79 Å². The lowest BCUT2D eigenvalue weighted by Gasteiger charge is -2.58. The Hall–Kier alpha value is -2.96. The second-order valence-electron chi connectivity index (χ2n) is 15.4. The monoisotopic (exact) mass is 687 g/mol. The van der Waals surface area contributed by atoms with Gasteiger partial charge in [0.1, 0.15) is 11.1 Å². The molecule has 1 saturated carbocycles. The molecule has 1 amide bonds. The van der Waals surface area contributed by atoms with Gasteiger partial charge < -0.3 is 24.6 Å². The van der Waals surface area contributed by atoms with Crippen molar-refractivity contribution in [1.82, 2.24) is 29.8 Å². The van der Waals surface area contributed by atoms with Crippen molar-refractivity contribution in [1.29, 1.82) is 0 Å². The van der Waals surface area contributed by atoms with Crippen LogP contribution in [0.25, 0.3) is 22.0 Å². The highest BCUT2D eigenvalue weighted by molar-refractivity contribution is 6.36. The number of aromatic nitrogens is 4. The number of anilines is 1. The standard InChI is InChI=1S/C35H48ClF2N7O3/c1-7-35(31(37)38)18-39-11-12-43(35)30-27(28-24-17-40-45(26-10-8-9-13-47-26)25(24)14-21(2)29(28)36)22(3)44(41-30)23-15-34(16-23)19-42(20-34)32(46)48-33(4,5)6/h14,17,23,26,31,39H,7-13,15-16,18-20H2,1-6H3/t26?,35-/m0/s1. The van der Waals surface area contributed by atoms with Crippen LogP contribution in [0.5, 0.6) is 0 Å². The summed E-state index contributed by atoms with van der Waals surface area (Å²) in [6, 6.07) is 2.12. The van der Waals surface area contributed by atoms with Gasteiger partial charge in [-0.3, -0.25) is 4.68 Å². The van der Waals surface area contributed by atoms with Gasteiger partial charge in [-0.05, 0) is 84.8 Å². The molecule has 4 fully saturated rings. The molecule has 48 heavy (non-hydrogen) atoms. The van der Waals surface area contributed by atoms with Crippen molar-refractivity contribution in [3.8, 4) is 11.1 Å². The summed E-state index contributed by atoms with van der Waals surface area (Å²) >= 11 is 7.22. The number of fused-ring (bicyclic) bond motifs is 1. The molecular formula is C35H48ClF2N7O3. The number of amides is 1. The summed E-state index contributed by atoms with van der Waals surface area (Å²) in [6.45, 7) is 14.6. The lowest BCUT2D eigenvalue weighted by Crippen LogP contribution is -2.65. The largest absolute Gasteiger partial charge is 0.444 e. The zero-order valence-electron chi connectivity index (χ0n) is 28.9. The minimum absolute atomic E-state index is 0.0147. The van der Waals surface area contributed by atoms with E-state index in [1.807, 2.05) is 62.0 Å². The van der Waals surface area contributed by atoms with Crippen LogP contribution < -0.4 is 10.2 Å². The smallest absolute Gasteiger partial charge is 0.410 e. The Balaban J connectivity index is 1.30. The number of hydrogen-bond acceptors (Lipinski definition) is 7. The number of ether oxygens (including phenoxy) is 2. The molecule has 13 heteroatoms. The second-order valence-corrected chi connectivity index (χ2v) is 15.8. The lowest BCUT2D eigenvalue weighted by atomic mass is 9.61. The van der Waals surface area contributed by atoms with E-state index >= 15 is 8.78 Å². The molecule has 2 atom stereocenters. The summed E-state index contributed by atoms with van der Waals surface area (Å²) in [5.41, 5.74) is 2.29. The van der Waals surface area contributed by atoms with Gasteiger partial charge in [0.25, 0.3) is 6.43 Å². The number of rotatable bonds is 6. The Kier molecular flexibility index (Phi) is 8.47. The minimum Gasteiger partial charge on any atom is -0.444 e. The molecule has 0 bridgehead atoms. The third kappa shape index (κ3) is 5.46. The van der Waals surface area contributed by atoms with E-state index in [-0.39, 0.29) is 36.7 Å². The number of carbonyl (C=O) groups is 1. The first-order valence-corrected chi connectivity index (χ1v) is 17.8. The minimum atomic E-state index is -2.59. The predicted octanol–water partition coefficient (Wildman–Crippen LogP) is 7.26. The fraction of sp³-hybridized carbons (Fsp3) is 0.686. The number of alkyl halides is 2. The second kappa shape index (κ2) is 12.1. The molecule has 4 aliphatic rings. The van der Waals surface area contributed by atoms with Gasteiger partial charge in [-0.25, -0.2) is 18.3 Å². The molecule has 3 aliphatic heterocycles. The molecular weight excluding hydrogens is 640 g/mol. The first-order valence-electron chi connectivity index (χ1n) is 17.4. The zero-order valence-corrected chi connectivity index (χ0v) is 29.7. The summed E-state index contributed by atoms with van der Waals surface area (Å²) in [5.74, 6) is 0.538. The molecule has 262 valence electrons. The molecule has 1 unspecified atom stereocenters. The van der Waals surface area contributed by atoms with Crippen LogP contribution in [0, 0.1) is 19.3 Å². The Bertz CT molecular complexity index is 1700. The third-order valence-electron chi connectivity index (χ3n) is 11.0. The maximum Gasteiger partial charge on any atom is 0.410 e. The number of carbonyl (C=O) groups excluding carboxylic acids is 1. The summed E-state index contributed by atoms with van der Waals surface area (Å²) in [5, 5.41) is 14.7. The SMILES string of the molecule is CC[C@@]1(C(F)F)CNCCN1c1nn(C2CC3(C2)CN(C(=O)OC(C)(C)C)C3)c(C)c1-c1c(Cl)c(C)cc2c1cnn2C1CCCCO1. The van der Waals surface area contributed by atoms with Gasteiger partial charge in [-0.2, -0.15) is 10.2 Å². The molecule has 3 aromatic rings. The molecule has 1 aromatic carbocycles. The normalized spacial score (nSPS) is 24.8. The van der Waals surface area contributed by atoms with Crippen molar-refractivity contribution < 1.29 is 23.0 Å². The van der Waals surface area contributed by atoms with Crippen molar-refractivity contribution in [3.63, 3.8) is 0 Å². The lowest BCUT2D eigenvalue weighted by molar-refractivity contribution is -0.0930. The van der Waals surface area contributed by atoms with E-state index in [1.165, 1.54) is 0 Å². The highest BCUT2D eigenvalue weighted by atomic mass is 35.5. The van der Waals surface area contributed by atoms with E-state index in [2.05, 4.69) is 11.4 Å². The molecule has 10 nitrogen and oxygen atoms in total. The van der Waals surface area contributed by atoms with E-state index in [4.69, 9.17) is 31.3 Å². The molecule has 0 radical (unpaired) electrons. The third-order valence-corrected chi connectivity index (χ3v) is 11.5. The van der Waals surface area contributed by atoms with E-state index < -0.39 is 17.6 Å². The number of piperazine rings is 1. The average Bonchev–Trinajstić information content (AvgIpc) is 3.56.